The van der Waals surface area contributed by atoms with Gasteiger partial charge in [-0.2, -0.15) is 4.59 Å². The lowest BCUT2D eigenvalue weighted by Crippen LogP contribution is -2.36. The SMILES string of the molecule is CCCC[N+]1(C)N=C(C)C(C(=O)O)=C1c1ccc(-c2ccccc2S(=O)(=O)NC(=O)c2ccccc2)cc1. The van der Waals surface area contributed by atoms with Crippen molar-refractivity contribution in [2.24, 2.45) is 5.10 Å². The van der Waals surface area contributed by atoms with E-state index in [1.165, 1.54) is 18.2 Å². The Hall–Kier alpha value is -4.08. The Morgan fingerprint density at radius 2 is 1.53 bits per heavy atom. The lowest BCUT2D eigenvalue weighted by Gasteiger charge is -2.27. The predicted octanol–water partition coefficient (Wildman–Crippen LogP) is 4.90. The van der Waals surface area contributed by atoms with Gasteiger partial charge in [-0.05, 0) is 49.2 Å². The van der Waals surface area contributed by atoms with E-state index in [4.69, 9.17) is 0 Å². The van der Waals surface area contributed by atoms with Gasteiger partial charge >= 0.3 is 5.97 Å². The minimum Gasteiger partial charge on any atom is -0.477 e. The van der Waals surface area contributed by atoms with Gasteiger partial charge in [-0.15, -0.1) is 0 Å². The summed E-state index contributed by atoms with van der Waals surface area (Å²) < 4.78 is 28.7. The number of unbranched alkanes of at least 4 members (excludes halogenated alkanes) is 1. The van der Waals surface area contributed by atoms with Crippen LogP contribution in [0.15, 0.2) is 94.4 Å². The highest BCUT2D eigenvalue weighted by Crippen LogP contribution is 2.38. The molecule has 0 bridgehead atoms. The summed E-state index contributed by atoms with van der Waals surface area (Å²) in [5.41, 5.74) is 3.22. The number of nitrogens with one attached hydrogen (secondary N) is 1. The van der Waals surface area contributed by atoms with Gasteiger partial charge in [0.25, 0.3) is 15.9 Å². The van der Waals surface area contributed by atoms with E-state index in [0.717, 1.165) is 12.8 Å². The second-order valence-corrected chi connectivity index (χ2v) is 11.0. The largest absolute Gasteiger partial charge is 0.477 e. The predicted molar refractivity (Wildman–Crippen MR) is 147 cm³/mol. The van der Waals surface area contributed by atoms with Crippen molar-refractivity contribution in [3.8, 4) is 11.1 Å². The number of hydrogen-bond acceptors (Lipinski definition) is 5. The molecule has 2 N–H and O–H groups in total. The molecule has 1 aliphatic heterocycles. The van der Waals surface area contributed by atoms with Gasteiger partial charge in [0.2, 0.25) is 0 Å². The molecule has 38 heavy (non-hydrogen) atoms. The fourth-order valence-corrected chi connectivity index (χ4v) is 5.93. The Morgan fingerprint density at radius 1 is 0.921 bits per heavy atom. The van der Waals surface area contributed by atoms with Crippen molar-refractivity contribution in [1.29, 1.82) is 0 Å². The fourth-order valence-electron chi connectivity index (χ4n) is 4.72. The van der Waals surface area contributed by atoms with Crippen LogP contribution >= 0.6 is 0 Å². The van der Waals surface area contributed by atoms with Crippen molar-refractivity contribution >= 4 is 33.3 Å². The van der Waals surface area contributed by atoms with Crippen LogP contribution in [0.5, 0.6) is 0 Å². The van der Waals surface area contributed by atoms with E-state index in [2.05, 4.69) is 16.7 Å². The Balaban J connectivity index is 1.71. The maximum Gasteiger partial charge on any atom is 0.344 e. The second kappa shape index (κ2) is 10.7. The molecule has 3 aromatic carbocycles. The molecule has 3 aromatic rings. The van der Waals surface area contributed by atoms with Gasteiger partial charge in [-0.1, -0.05) is 67.0 Å². The van der Waals surface area contributed by atoms with Crippen LogP contribution in [-0.4, -0.2) is 49.3 Å². The van der Waals surface area contributed by atoms with E-state index < -0.39 is 21.9 Å². The number of carbonyl (C=O) groups is 2. The van der Waals surface area contributed by atoms with E-state index in [1.54, 1.807) is 67.6 Å². The number of nitrogens with zero attached hydrogens (tertiary/aromatic N) is 2. The van der Waals surface area contributed by atoms with Gasteiger partial charge in [0.05, 0.1) is 11.9 Å². The first kappa shape index (κ1) is 27.0. The third-order valence-corrected chi connectivity index (χ3v) is 7.91. The van der Waals surface area contributed by atoms with Gasteiger partial charge in [0.1, 0.15) is 17.8 Å². The zero-order valence-electron chi connectivity index (χ0n) is 21.5. The first-order valence-corrected chi connectivity index (χ1v) is 13.8. The van der Waals surface area contributed by atoms with Crippen LogP contribution in [0.4, 0.5) is 0 Å². The molecule has 1 heterocycles. The van der Waals surface area contributed by atoms with Crippen LogP contribution in [0.1, 0.15) is 42.6 Å². The number of carbonyl (C=O) groups excluding carboxylic acids is 1. The Bertz CT molecular complexity index is 1540. The van der Waals surface area contributed by atoms with E-state index in [1.807, 2.05) is 7.05 Å². The van der Waals surface area contributed by atoms with Crippen LogP contribution in [0.2, 0.25) is 0 Å². The normalized spacial score (nSPS) is 17.3. The van der Waals surface area contributed by atoms with Gasteiger partial charge in [-0.25, -0.2) is 17.9 Å². The number of aliphatic carboxylic acids is 1. The third-order valence-electron chi connectivity index (χ3n) is 6.52. The fraction of sp³-hybridized carbons (Fsp3) is 0.207. The molecule has 8 nitrogen and oxygen atoms in total. The topological polar surface area (TPSA) is 113 Å². The molecule has 1 aliphatic rings. The first-order chi connectivity index (χ1) is 18.1. The number of carboxylic acids is 1. The summed E-state index contributed by atoms with van der Waals surface area (Å²) in [6, 6.07) is 21.7. The molecule has 0 radical (unpaired) electrons. The molecule has 0 aromatic heterocycles. The number of amides is 1. The summed E-state index contributed by atoms with van der Waals surface area (Å²) in [4.78, 5) is 24.7. The smallest absolute Gasteiger partial charge is 0.344 e. The quantitative estimate of drug-likeness (QED) is 0.381. The number of hydrogen-bond donors (Lipinski definition) is 2. The van der Waals surface area contributed by atoms with Crippen molar-refractivity contribution in [2.45, 2.75) is 31.6 Å². The summed E-state index contributed by atoms with van der Waals surface area (Å²) in [5.74, 6) is -1.75. The van der Waals surface area contributed by atoms with Gasteiger partial charge in [0.15, 0.2) is 5.70 Å². The minimum atomic E-state index is -4.18. The maximum absolute atomic E-state index is 13.2. The van der Waals surface area contributed by atoms with Crippen LogP contribution in [0.25, 0.3) is 16.8 Å². The summed E-state index contributed by atoms with van der Waals surface area (Å²) in [7, 11) is -2.28. The highest BCUT2D eigenvalue weighted by atomic mass is 32.2. The molecule has 0 spiro atoms. The van der Waals surface area contributed by atoms with E-state index in [-0.39, 0.29) is 20.6 Å². The van der Waals surface area contributed by atoms with Crippen molar-refractivity contribution in [3.63, 3.8) is 0 Å². The molecule has 0 saturated heterocycles. The number of sulfonamides is 1. The molecule has 1 atom stereocenters. The maximum atomic E-state index is 13.2. The molecule has 4 rings (SSSR count). The standard InChI is InChI=1S/C29H29N3O5S/c1-4-5-19-32(3)27(26(29(34)35)20(2)30-32)22-17-15-21(16-18-22)24-13-9-10-14-25(24)38(36,37)31-28(33)23-11-7-6-8-12-23/h6-18H,4-5,19H2,1-3H3,(H-,31,33,34,35)/p+1. The van der Waals surface area contributed by atoms with Crippen molar-refractivity contribution in [3.05, 3.63) is 95.6 Å². The molecule has 0 aliphatic carbocycles. The molecule has 196 valence electrons. The van der Waals surface area contributed by atoms with Crippen molar-refractivity contribution in [1.82, 2.24) is 4.72 Å². The second-order valence-electron chi connectivity index (χ2n) is 9.30. The average Bonchev–Trinajstić information content (AvgIpc) is 3.18. The molecule has 1 unspecified atom stereocenters. The van der Waals surface area contributed by atoms with Crippen LogP contribution in [-0.2, 0) is 14.8 Å². The Morgan fingerprint density at radius 3 is 2.16 bits per heavy atom. The van der Waals surface area contributed by atoms with Crippen LogP contribution in [0, 0.1) is 0 Å². The summed E-state index contributed by atoms with van der Waals surface area (Å²) in [5, 5.41) is 14.6. The van der Waals surface area contributed by atoms with Crippen LogP contribution < -0.4 is 4.72 Å². The van der Waals surface area contributed by atoms with Gasteiger partial charge < -0.3 is 5.11 Å². The Labute approximate surface area is 222 Å². The third kappa shape index (κ3) is 5.29. The molecular formula is C29H30N3O5S+. The van der Waals surface area contributed by atoms with Gasteiger partial charge in [-0.3, -0.25) is 4.79 Å². The molecule has 0 fully saturated rings. The number of rotatable bonds is 9. The van der Waals surface area contributed by atoms with Crippen molar-refractivity contribution < 1.29 is 27.7 Å². The zero-order chi connectivity index (χ0) is 27.5. The summed E-state index contributed by atoms with van der Waals surface area (Å²) in [6.07, 6.45) is 1.82. The zero-order valence-corrected chi connectivity index (χ0v) is 22.3. The minimum absolute atomic E-state index is 0.0360. The van der Waals surface area contributed by atoms with Crippen molar-refractivity contribution in [2.75, 3.05) is 13.6 Å². The highest BCUT2D eigenvalue weighted by molar-refractivity contribution is 7.90. The highest BCUT2D eigenvalue weighted by Gasteiger charge is 2.42. The molecule has 0 saturated carbocycles. The lowest BCUT2D eigenvalue weighted by molar-refractivity contribution is -0.844. The molecule has 9 heteroatoms. The first-order valence-electron chi connectivity index (χ1n) is 12.3. The number of benzene rings is 3. The number of quaternary nitrogens is 1. The van der Waals surface area contributed by atoms with E-state index in [0.29, 0.717) is 34.6 Å². The lowest BCUT2D eigenvalue weighted by atomic mass is 9.99. The van der Waals surface area contributed by atoms with E-state index in [9.17, 15) is 23.1 Å². The Kier molecular flexibility index (Phi) is 7.61. The van der Waals surface area contributed by atoms with Gasteiger partial charge in [0, 0.05) is 16.7 Å². The van der Waals surface area contributed by atoms with Crippen LogP contribution in [0.3, 0.4) is 0 Å². The summed E-state index contributed by atoms with van der Waals surface area (Å²) in [6.45, 7) is 4.44. The van der Waals surface area contributed by atoms with E-state index >= 15 is 0 Å². The number of carboxylic acid groups (broad SMARTS) is 1. The molecule has 1 amide bonds. The molecular weight excluding hydrogens is 502 g/mol. The monoisotopic (exact) mass is 532 g/mol. The summed E-state index contributed by atoms with van der Waals surface area (Å²) >= 11 is 0. The average molecular weight is 533 g/mol.